The molecule has 1 heterocycles. The van der Waals surface area contributed by atoms with Crippen LogP contribution >= 0.6 is 0 Å². The number of hydrogen-bond donors (Lipinski definition) is 0. The molecule has 0 N–H and O–H groups in total. The van der Waals surface area contributed by atoms with E-state index in [-0.39, 0.29) is 0 Å². The Kier molecular flexibility index (Phi) is 1.26. The van der Waals surface area contributed by atoms with Gasteiger partial charge in [-0.25, -0.2) is 0 Å². The van der Waals surface area contributed by atoms with Crippen molar-refractivity contribution in [2.45, 2.75) is 6.54 Å². The van der Waals surface area contributed by atoms with Crippen molar-refractivity contribution in [2.75, 3.05) is 6.61 Å². The second kappa shape index (κ2) is 1.93. The van der Waals surface area contributed by atoms with Crippen LogP contribution in [0.3, 0.4) is 0 Å². The van der Waals surface area contributed by atoms with Gasteiger partial charge in [-0.1, -0.05) is 0 Å². The Morgan fingerprint density at radius 3 is 2.86 bits per heavy atom. The Hall–Kier alpha value is -0.570. The fraction of sp³-hybridized carbons (Fsp3) is 0.500. The van der Waals surface area contributed by atoms with Gasteiger partial charge in [0, 0.05) is 0 Å². The minimum absolute atomic E-state index is 0.307. The Bertz CT molecular complexity index is 81.8. The largest absolute Gasteiger partial charge is 0.446 e. The van der Waals surface area contributed by atoms with E-state index in [4.69, 9.17) is 0 Å². The normalized spacial score (nSPS) is 29.6. The number of rotatable bonds is 0. The van der Waals surface area contributed by atoms with E-state index in [9.17, 15) is 4.39 Å². The van der Waals surface area contributed by atoms with Gasteiger partial charge < -0.3 is 9.47 Å². The highest BCUT2D eigenvalue weighted by atomic mass is 19.2. The highest BCUT2D eigenvalue weighted by molar-refractivity contribution is 4.74. The van der Waals surface area contributed by atoms with Gasteiger partial charge in [0.25, 0.3) is 0 Å². The van der Waals surface area contributed by atoms with E-state index >= 15 is 0 Å². The van der Waals surface area contributed by atoms with Crippen LogP contribution in [0, 0.1) is 0 Å². The minimum atomic E-state index is -1.55. The first-order valence-electron chi connectivity index (χ1n) is 1.96. The predicted octanol–water partition coefficient (Wildman–Crippen LogP) is 0.800. The molecule has 0 bridgehead atoms. The first-order valence-corrected chi connectivity index (χ1v) is 1.96. The highest BCUT2D eigenvalue weighted by Crippen LogP contribution is 2.01. The zero-order chi connectivity index (χ0) is 5.11. The predicted molar refractivity (Wildman–Crippen MR) is 21.1 cm³/mol. The van der Waals surface area contributed by atoms with E-state index in [2.05, 4.69) is 9.47 Å². The molecule has 40 valence electrons. The second-order valence-electron chi connectivity index (χ2n) is 1.12. The van der Waals surface area contributed by atoms with Crippen LogP contribution in [0.5, 0.6) is 0 Å². The van der Waals surface area contributed by atoms with Crippen LogP contribution in [0.25, 0.3) is 0 Å². The fourth-order valence-corrected chi connectivity index (χ4v) is 0.327. The average molecular weight is 104 g/mol. The van der Waals surface area contributed by atoms with E-state index in [0.717, 1.165) is 0 Å². The summed E-state index contributed by atoms with van der Waals surface area (Å²) in [4.78, 5) is 0. The number of ether oxygens (including phenoxy) is 2. The Morgan fingerprint density at radius 1 is 1.71 bits per heavy atom. The lowest BCUT2D eigenvalue weighted by Gasteiger charge is -2.10. The molecule has 2 nitrogen and oxygen atoms in total. The minimum Gasteiger partial charge on any atom is -0.446 e. The van der Waals surface area contributed by atoms with E-state index in [0.29, 0.717) is 6.61 Å². The lowest BCUT2D eigenvalue weighted by Crippen LogP contribution is -2.11. The van der Waals surface area contributed by atoms with Crippen LogP contribution in [0.1, 0.15) is 0 Å². The van der Waals surface area contributed by atoms with E-state index in [1.165, 1.54) is 6.26 Å². The first-order chi connectivity index (χ1) is 3.39. The molecule has 1 atom stereocenters. The molecule has 1 rings (SSSR count). The molecule has 0 aromatic rings. The van der Waals surface area contributed by atoms with E-state index in [1.54, 1.807) is 6.08 Å². The van der Waals surface area contributed by atoms with Gasteiger partial charge in [0.05, 0.1) is 12.9 Å². The van der Waals surface area contributed by atoms with Crippen LogP contribution < -0.4 is 0 Å². The molecular formula is C4H5FO2. The summed E-state index contributed by atoms with van der Waals surface area (Å²) in [5, 5.41) is 0. The van der Waals surface area contributed by atoms with Gasteiger partial charge in [-0.05, 0) is 6.08 Å². The number of alkyl halides is 1. The highest BCUT2D eigenvalue weighted by Gasteiger charge is 2.05. The molecule has 0 saturated carbocycles. The quantitative estimate of drug-likeness (QED) is 0.452. The summed E-state index contributed by atoms with van der Waals surface area (Å²) in [6, 6.07) is 0. The van der Waals surface area contributed by atoms with Gasteiger partial charge in [0.15, 0.2) is 0 Å². The molecule has 1 aliphatic heterocycles. The Labute approximate surface area is 40.5 Å². The lowest BCUT2D eigenvalue weighted by atomic mass is 10.6. The summed E-state index contributed by atoms with van der Waals surface area (Å²) < 4.78 is 20.2. The summed E-state index contributed by atoms with van der Waals surface area (Å²) in [6.45, 7) is -1.24. The van der Waals surface area contributed by atoms with Crippen LogP contribution in [-0.4, -0.2) is 13.2 Å². The monoisotopic (exact) mass is 104 g/mol. The summed E-state index contributed by atoms with van der Waals surface area (Å²) in [5.74, 6) is 0. The van der Waals surface area contributed by atoms with Crippen LogP contribution in [0.15, 0.2) is 12.3 Å². The molecule has 1 aliphatic rings. The SMILES string of the molecule is FC1OC=CCO1. The molecule has 0 amide bonds. The molecule has 0 aromatic heterocycles. The Balaban J connectivity index is 2.32. The zero-order valence-electron chi connectivity index (χ0n) is 3.63. The van der Waals surface area contributed by atoms with Crippen molar-refractivity contribution in [1.82, 2.24) is 0 Å². The fourth-order valence-electron chi connectivity index (χ4n) is 0.327. The van der Waals surface area contributed by atoms with E-state index in [1.807, 2.05) is 0 Å². The lowest BCUT2D eigenvalue weighted by molar-refractivity contribution is -0.192. The molecule has 0 aliphatic carbocycles. The smallest absolute Gasteiger partial charge is 0.352 e. The van der Waals surface area contributed by atoms with Crippen molar-refractivity contribution in [2.24, 2.45) is 0 Å². The van der Waals surface area contributed by atoms with Crippen LogP contribution in [0.2, 0.25) is 0 Å². The number of hydrogen-bond acceptors (Lipinski definition) is 2. The maximum atomic E-state index is 11.7. The van der Waals surface area contributed by atoms with Crippen molar-refractivity contribution in [3.8, 4) is 0 Å². The molecule has 3 heteroatoms. The molecule has 0 radical (unpaired) electrons. The summed E-state index contributed by atoms with van der Waals surface area (Å²) in [7, 11) is 0. The average Bonchev–Trinajstić information content (AvgIpc) is 1.69. The molecule has 7 heavy (non-hydrogen) atoms. The van der Waals surface area contributed by atoms with Crippen LogP contribution in [0.4, 0.5) is 4.39 Å². The van der Waals surface area contributed by atoms with Crippen molar-refractivity contribution < 1.29 is 13.9 Å². The van der Waals surface area contributed by atoms with Gasteiger partial charge in [0.1, 0.15) is 0 Å². The first kappa shape index (κ1) is 4.59. The third-order valence-corrected chi connectivity index (χ3v) is 0.605. The summed E-state index contributed by atoms with van der Waals surface area (Å²) >= 11 is 0. The summed E-state index contributed by atoms with van der Waals surface area (Å²) in [5.41, 5.74) is 0. The van der Waals surface area contributed by atoms with Gasteiger partial charge in [-0.2, -0.15) is 4.39 Å². The Morgan fingerprint density at radius 2 is 2.57 bits per heavy atom. The molecule has 1 unspecified atom stereocenters. The third-order valence-electron chi connectivity index (χ3n) is 0.605. The molecule has 0 spiro atoms. The maximum Gasteiger partial charge on any atom is 0.352 e. The van der Waals surface area contributed by atoms with Gasteiger partial charge in [-0.15, -0.1) is 0 Å². The molecule has 0 saturated heterocycles. The van der Waals surface area contributed by atoms with Gasteiger partial charge in [0.2, 0.25) is 0 Å². The maximum absolute atomic E-state index is 11.7. The number of halogens is 1. The van der Waals surface area contributed by atoms with Crippen molar-refractivity contribution in [3.63, 3.8) is 0 Å². The van der Waals surface area contributed by atoms with Crippen molar-refractivity contribution in [1.29, 1.82) is 0 Å². The van der Waals surface area contributed by atoms with E-state index < -0.39 is 6.54 Å². The molecule has 0 aromatic carbocycles. The summed E-state index contributed by atoms with van der Waals surface area (Å²) in [6.07, 6.45) is 2.88. The standard InChI is InChI=1S/C4H5FO2/c5-4-6-2-1-3-7-4/h1-2,4H,3H2. The van der Waals surface area contributed by atoms with Gasteiger partial charge >= 0.3 is 6.54 Å². The molecular weight excluding hydrogens is 99.0 g/mol. The van der Waals surface area contributed by atoms with Crippen molar-refractivity contribution in [3.05, 3.63) is 12.3 Å². The second-order valence-corrected chi connectivity index (χ2v) is 1.12. The topological polar surface area (TPSA) is 18.5 Å². The van der Waals surface area contributed by atoms with Gasteiger partial charge in [-0.3, -0.25) is 0 Å². The van der Waals surface area contributed by atoms with Crippen LogP contribution in [-0.2, 0) is 9.47 Å². The van der Waals surface area contributed by atoms with Crippen molar-refractivity contribution >= 4 is 0 Å². The third kappa shape index (κ3) is 1.16. The zero-order valence-corrected chi connectivity index (χ0v) is 3.63. The molecule has 0 fully saturated rings.